The minimum Gasteiger partial charge on any atom is -0.310 e. The molecule has 0 N–H and O–H groups in total. The van der Waals surface area contributed by atoms with E-state index in [4.69, 9.17) is 0 Å². The smallest absolute Gasteiger partial charge is 0.133 e. The molecule has 0 unspecified atom stereocenters. The van der Waals surface area contributed by atoms with Crippen LogP contribution < -0.4 is 4.90 Å². The zero-order valence-electron chi connectivity index (χ0n) is 31.5. The van der Waals surface area contributed by atoms with E-state index in [9.17, 15) is 5.26 Å². The summed E-state index contributed by atoms with van der Waals surface area (Å²) in [6.07, 6.45) is 0. The molecule has 13 rings (SSSR count). The monoisotopic (exact) mass is 762 g/mol. The highest BCUT2D eigenvalue weighted by Gasteiger charge is 2.35. The fourth-order valence-corrected chi connectivity index (χ4v) is 11.7. The summed E-state index contributed by atoms with van der Waals surface area (Å²) in [6, 6.07) is 55.6. The number of halogens is 1. The van der Waals surface area contributed by atoms with Crippen LogP contribution in [-0.2, 0) is 5.41 Å². The summed E-state index contributed by atoms with van der Waals surface area (Å²) in [5.41, 5.74) is 14.9. The van der Waals surface area contributed by atoms with Crippen LogP contribution in [0.4, 0.5) is 21.5 Å². The number of nitriles is 1. The molecule has 12 aromatic rings. The van der Waals surface area contributed by atoms with Crippen LogP contribution in [0.25, 0.3) is 85.9 Å². The van der Waals surface area contributed by atoms with Crippen LogP contribution in [-0.4, -0.2) is 8.80 Å². The van der Waals surface area contributed by atoms with Gasteiger partial charge in [-0.05, 0) is 95.1 Å². The molecule has 0 saturated heterocycles. The molecule has 0 atom stereocenters. The van der Waals surface area contributed by atoms with Gasteiger partial charge in [0.1, 0.15) is 5.82 Å². The summed E-state index contributed by atoms with van der Waals surface area (Å²) in [5, 5.41) is 16.0. The van der Waals surface area contributed by atoms with Gasteiger partial charge >= 0.3 is 0 Å². The van der Waals surface area contributed by atoms with Gasteiger partial charge in [0.2, 0.25) is 0 Å². The average molecular weight is 763 g/mol. The van der Waals surface area contributed by atoms with E-state index in [1.54, 1.807) is 12.1 Å². The third-order valence-corrected chi connectivity index (χ3v) is 14.1. The first kappa shape index (κ1) is 31.9. The van der Waals surface area contributed by atoms with E-state index in [0.717, 1.165) is 60.9 Å². The van der Waals surface area contributed by atoms with E-state index in [1.807, 2.05) is 29.5 Å². The number of anilines is 3. The Morgan fingerprint density at radius 2 is 1.28 bits per heavy atom. The highest BCUT2D eigenvalue weighted by Crippen LogP contribution is 2.52. The number of thiophene rings is 1. The maximum absolute atomic E-state index is 15.9. The van der Waals surface area contributed by atoms with Gasteiger partial charge in [0.15, 0.2) is 0 Å². The third kappa shape index (κ3) is 3.91. The van der Waals surface area contributed by atoms with Crippen LogP contribution >= 0.6 is 11.3 Å². The molecule has 0 radical (unpaired) electrons. The third-order valence-electron chi connectivity index (χ3n) is 12.9. The lowest BCUT2D eigenvalue weighted by molar-refractivity contribution is 0.641. The molecule has 0 bridgehead atoms. The number of rotatable bonds is 3. The van der Waals surface area contributed by atoms with Crippen molar-refractivity contribution >= 4 is 103 Å². The van der Waals surface area contributed by atoms with Gasteiger partial charge in [0.05, 0.1) is 44.7 Å². The molecule has 1 aliphatic rings. The van der Waals surface area contributed by atoms with Crippen molar-refractivity contribution in [2.75, 3.05) is 4.90 Å². The molecule has 0 aliphatic heterocycles. The Kier molecular flexibility index (Phi) is 6.06. The first-order valence-corrected chi connectivity index (χ1v) is 20.4. The number of benzene rings is 8. The normalized spacial score (nSPS) is 13.6. The maximum Gasteiger partial charge on any atom is 0.133 e. The summed E-state index contributed by atoms with van der Waals surface area (Å²) in [7, 11) is 0. The lowest BCUT2D eigenvalue weighted by atomic mass is 9.82. The van der Waals surface area contributed by atoms with Gasteiger partial charge in [-0.2, -0.15) is 5.26 Å². The Bertz CT molecular complexity index is 3800. The molecule has 1 aliphatic carbocycles. The Balaban J connectivity index is 1.06. The number of hydrogen-bond donors (Lipinski definition) is 0. The summed E-state index contributed by atoms with van der Waals surface area (Å²) in [6.45, 7) is 4.65. The Morgan fingerprint density at radius 1 is 0.552 bits per heavy atom. The number of nitrogens with zero attached hydrogens (tertiary/aromatic N) is 4. The van der Waals surface area contributed by atoms with Crippen molar-refractivity contribution in [3.05, 3.63) is 174 Å². The molecule has 0 spiro atoms. The van der Waals surface area contributed by atoms with Crippen molar-refractivity contribution < 1.29 is 4.39 Å². The lowest BCUT2D eigenvalue weighted by Crippen LogP contribution is -2.15. The van der Waals surface area contributed by atoms with Crippen molar-refractivity contribution in [3.8, 4) is 17.2 Å². The topological polar surface area (TPSA) is 35.8 Å². The molecule has 0 amide bonds. The van der Waals surface area contributed by atoms with E-state index >= 15 is 4.39 Å². The first-order valence-electron chi connectivity index (χ1n) is 19.6. The predicted molar refractivity (Wildman–Crippen MR) is 239 cm³/mol. The molecule has 6 heteroatoms. The van der Waals surface area contributed by atoms with Gasteiger partial charge in [-0.3, -0.25) is 0 Å². The number of fused-ring (bicyclic) bond motifs is 15. The summed E-state index contributed by atoms with van der Waals surface area (Å²) >= 11 is 1.83. The van der Waals surface area contributed by atoms with Crippen LogP contribution in [0, 0.1) is 17.1 Å². The first-order chi connectivity index (χ1) is 28.4. The van der Waals surface area contributed by atoms with Crippen LogP contribution in [0.2, 0.25) is 0 Å². The van der Waals surface area contributed by atoms with E-state index < -0.39 is 0 Å². The highest BCUT2D eigenvalue weighted by atomic mass is 32.1. The van der Waals surface area contributed by atoms with E-state index in [-0.39, 0.29) is 11.2 Å². The molecule has 0 saturated carbocycles. The van der Waals surface area contributed by atoms with Gasteiger partial charge in [0.25, 0.3) is 0 Å². The van der Waals surface area contributed by atoms with Crippen LogP contribution in [0.5, 0.6) is 0 Å². The van der Waals surface area contributed by atoms with Gasteiger partial charge in [0, 0.05) is 64.2 Å². The molecule has 58 heavy (non-hydrogen) atoms. The zero-order valence-corrected chi connectivity index (χ0v) is 32.3. The second-order valence-electron chi connectivity index (χ2n) is 16.2. The Morgan fingerprint density at radius 3 is 2.16 bits per heavy atom. The number of hydrogen-bond acceptors (Lipinski definition) is 3. The molecule has 4 heterocycles. The minimum atomic E-state index is -0.264. The molecular weight excluding hydrogens is 732 g/mol. The van der Waals surface area contributed by atoms with Gasteiger partial charge in [-0.15, -0.1) is 11.3 Å². The molecule has 272 valence electrons. The Labute approximate surface area is 335 Å². The van der Waals surface area contributed by atoms with Crippen molar-refractivity contribution in [2.45, 2.75) is 19.3 Å². The van der Waals surface area contributed by atoms with Crippen LogP contribution in [0.15, 0.2) is 152 Å². The van der Waals surface area contributed by atoms with E-state index in [1.165, 1.54) is 47.8 Å². The molecule has 4 aromatic heterocycles. The van der Waals surface area contributed by atoms with Crippen molar-refractivity contribution in [1.29, 1.82) is 5.26 Å². The van der Waals surface area contributed by atoms with Gasteiger partial charge in [-0.1, -0.05) is 92.7 Å². The van der Waals surface area contributed by atoms with Gasteiger partial charge < -0.3 is 13.7 Å². The zero-order chi connectivity index (χ0) is 38.6. The molecule has 4 nitrogen and oxygen atoms in total. The Hall–Kier alpha value is -7.20. The fourth-order valence-electron chi connectivity index (χ4n) is 10.4. The minimum absolute atomic E-state index is 0.0616. The van der Waals surface area contributed by atoms with E-state index in [0.29, 0.717) is 10.9 Å². The van der Waals surface area contributed by atoms with Gasteiger partial charge in [-0.25, -0.2) is 4.39 Å². The van der Waals surface area contributed by atoms with Crippen LogP contribution in [0.3, 0.4) is 0 Å². The maximum atomic E-state index is 15.9. The SMILES string of the molecule is CC1(C)c2ccccc2-c2cc(N(c3ccccc3)c3ccc4c(c3)sc3c4ccc4c3c3cccc5c3n4c3ccc(F)c4c6ccc(C#N)cc6n5c43)ccc21. The standard InChI is InChI=1S/C52H31FN4S/c1-52(2)39-13-7-6-11-33(39)38-26-31(17-21-40(38)52)55(30-9-4-3-5-10-30)32-16-19-34-35-20-23-42-48(51(35)58-46(34)27-32)37-12-8-14-43-49(37)56(42)44-24-22-41(53)47-36-18-15-29(28-54)25-45(36)57(43)50(44)47/h3-27H,1-2H3. The number of para-hydroxylation sites is 2. The largest absolute Gasteiger partial charge is 0.310 e. The number of aromatic nitrogens is 2. The second kappa shape index (κ2) is 11.0. The molecular formula is C52H31FN4S. The van der Waals surface area contributed by atoms with E-state index in [2.05, 4.69) is 155 Å². The predicted octanol–water partition coefficient (Wildman–Crippen LogP) is 14.4. The van der Waals surface area contributed by atoms with Crippen LogP contribution in [0.1, 0.15) is 30.5 Å². The highest BCUT2D eigenvalue weighted by molar-refractivity contribution is 7.26. The van der Waals surface area contributed by atoms with Crippen molar-refractivity contribution in [3.63, 3.8) is 0 Å². The summed E-state index contributed by atoms with van der Waals surface area (Å²) in [4.78, 5) is 2.38. The quantitative estimate of drug-likeness (QED) is 0.168. The second-order valence-corrected chi connectivity index (χ2v) is 17.2. The fraction of sp³-hybridized carbons (Fsp3) is 0.0577. The lowest BCUT2D eigenvalue weighted by Gasteiger charge is -2.27. The molecule has 0 fully saturated rings. The molecule has 8 aromatic carbocycles. The summed E-state index contributed by atoms with van der Waals surface area (Å²) in [5.74, 6) is -0.264. The summed E-state index contributed by atoms with van der Waals surface area (Å²) < 4.78 is 22.8. The van der Waals surface area contributed by atoms with Crippen molar-refractivity contribution in [1.82, 2.24) is 8.80 Å². The van der Waals surface area contributed by atoms with Crippen molar-refractivity contribution in [2.24, 2.45) is 0 Å². The average Bonchev–Trinajstić information content (AvgIpc) is 3.97.